The third kappa shape index (κ3) is 2.47. The summed E-state index contributed by atoms with van der Waals surface area (Å²) < 4.78 is 1.15. The van der Waals surface area contributed by atoms with Crippen molar-refractivity contribution in [2.45, 2.75) is 9.96 Å². The molecule has 0 unspecified atom stereocenters. The smallest absolute Gasteiger partial charge is 0.181 e. The minimum atomic E-state index is 0.625. The van der Waals surface area contributed by atoms with Gasteiger partial charge in [-0.05, 0) is 23.8 Å². The Morgan fingerprint density at radius 1 is 1.22 bits per heavy atom. The van der Waals surface area contributed by atoms with E-state index in [9.17, 15) is 0 Å². The first-order chi connectivity index (χ1) is 8.81. The number of anilines is 1. The molecule has 1 aromatic carbocycles. The second kappa shape index (κ2) is 4.96. The zero-order valence-corrected chi connectivity index (χ0v) is 11.2. The highest BCUT2D eigenvalue weighted by atomic mass is 32.2. The molecule has 90 valence electrons. The van der Waals surface area contributed by atoms with Gasteiger partial charge in [0, 0.05) is 17.3 Å². The number of rotatable bonds is 3. The van der Waals surface area contributed by atoms with Crippen LogP contribution in [0.15, 0.2) is 46.9 Å². The van der Waals surface area contributed by atoms with E-state index in [1.165, 1.54) is 22.3 Å². The molecule has 3 nitrogen and oxygen atoms in total. The van der Waals surface area contributed by atoms with E-state index in [2.05, 4.69) is 34.2 Å². The third-order valence-electron chi connectivity index (χ3n) is 2.55. The van der Waals surface area contributed by atoms with E-state index in [1.54, 1.807) is 11.8 Å². The Morgan fingerprint density at radius 2 is 2.17 bits per heavy atom. The van der Waals surface area contributed by atoms with Gasteiger partial charge in [0.05, 0.1) is 15.9 Å². The Balaban J connectivity index is 1.78. The van der Waals surface area contributed by atoms with Crippen LogP contribution in [0.4, 0.5) is 5.13 Å². The molecule has 0 atom stereocenters. The van der Waals surface area contributed by atoms with E-state index in [0.717, 1.165) is 15.5 Å². The molecule has 0 aliphatic rings. The van der Waals surface area contributed by atoms with Crippen LogP contribution in [0.25, 0.3) is 10.9 Å². The van der Waals surface area contributed by atoms with Gasteiger partial charge in [-0.2, -0.15) is 0 Å². The lowest BCUT2D eigenvalue weighted by atomic mass is 10.1. The van der Waals surface area contributed by atoms with Crippen LogP contribution in [0.5, 0.6) is 0 Å². The van der Waals surface area contributed by atoms with E-state index in [1.807, 2.05) is 18.5 Å². The number of nitrogen functional groups attached to an aromatic ring is 1. The van der Waals surface area contributed by atoms with Gasteiger partial charge in [-0.1, -0.05) is 23.5 Å². The predicted molar refractivity (Wildman–Crippen MR) is 77.8 cm³/mol. The molecule has 0 saturated heterocycles. The van der Waals surface area contributed by atoms with E-state index in [4.69, 9.17) is 5.73 Å². The summed E-state index contributed by atoms with van der Waals surface area (Å²) in [6, 6.07) is 10.4. The molecule has 0 radical (unpaired) electrons. The van der Waals surface area contributed by atoms with Crippen LogP contribution < -0.4 is 5.73 Å². The number of nitrogens with zero attached hydrogens (tertiary/aromatic N) is 2. The Morgan fingerprint density at radius 3 is 3.00 bits per heavy atom. The quantitative estimate of drug-likeness (QED) is 0.741. The summed E-state index contributed by atoms with van der Waals surface area (Å²) in [7, 11) is 0. The Bertz CT molecular complexity index is 679. The molecule has 18 heavy (non-hydrogen) atoms. The number of fused-ring (bicyclic) bond motifs is 1. The SMILES string of the molecule is Nc1ncc(SCc2ccc3ncccc3c2)s1. The molecule has 0 saturated carbocycles. The minimum absolute atomic E-state index is 0.625. The van der Waals surface area contributed by atoms with Crippen molar-refractivity contribution in [3.8, 4) is 0 Å². The standard InChI is InChI=1S/C13H11N3S2/c14-13-16-7-12(18-13)17-8-9-3-4-11-10(6-9)2-1-5-15-11/h1-7H,8H2,(H2,14,16). The lowest BCUT2D eigenvalue weighted by molar-refractivity contribution is 1.36. The molecule has 0 amide bonds. The number of thioether (sulfide) groups is 1. The van der Waals surface area contributed by atoms with Gasteiger partial charge >= 0.3 is 0 Å². The Kier molecular flexibility index (Phi) is 3.17. The summed E-state index contributed by atoms with van der Waals surface area (Å²) in [4.78, 5) is 8.36. The normalized spacial score (nSPS) is 10.9. The van der Waals surface area contributed by atoms with Crippen molar-refractivity contribution in [2.24, 2.45) is 0 Å². The van der Waals surface area contributed by atoms with Crippen LogP contribution in [-0.2, 0) is 5.75 Å². The minimum Gasteiger partial charge on any atom is -0.375 e. The maximum absolute atomic E-state index is 5.61. The number of hydrogen-bond acceptors (Lipinski definition) is 5. The Hall–Kier alpha value is -1.59. The zero-order chi connectivity index (χ0) is 12.4. The van der Waals surface area contributed by atoms with Gasteiger partial charge in [-0.15, -0.1) is 11.8 Å². The second-order valence-electron chi connectivity index (χ2n) is 3.84. The first-order valence-electron chi connectivity index (χ1n) is 5.49. The van der Waals surface area contributed by atoms with Crippen LogP contribution in [-0.4, -0.2) is 9.97 Å². The highest BCUT2D eigenvalue weighted by Crippen LogP contribution is 2.29. The molecule has 2 aromatic heterocycles. The average molecular weight is 273 g/mol. The summed E-state index contributed by atoms with van der Waals surface area (Å²) >= 11 is 3.29. The summed E-state index contributed by atoms with van der Waals surface area (Å²) in [5.74, 6) is 0.923. The summed E-state index contributed by atoms with van der Waals surface area (Å²) in [5.41, 5.74) is 7.93. The number of benzene rings is 1. The third-order valence-corrected chi connectivity index (χ3v) is 4.64. The number of pyridine rings is 1. The fraction of sp³-hybridized carbons (Fsp3) is 0.0769. The number of nitrogens with two attached hydrogens (primary N) is 1. The van der Waals surface area contributed by atoms with E-state index in [0.29, 0.717) is 5.13 Å². The van der Waals surface area contributed by atoms with Crippen molar-refractivity contribution in [1.29, 1.82) is 0 Å². The highest BCUT2D eigenvalue weighted by Gasteiger charge is 2.01. The van der Waals surface area contributed by atoms with Gasteiger partial charge in [0.25, 0.3) is 0 Å². The number of aromatic nitrogens is 2. The van der Waals surface area contributed by atoms with Crippen molar-refractivity contribution in [3.63, 3.8) is 0 Å². The molecule has 3 aromatic rings. The molecule has 0 aliphatic carbocycles. The summed E-state index contributed by atoms with van der Waals surface area (Å²) in [6.45, 7) is 0. The van der Waals surface area contributed by atoms with Crippen LogP contribution >= 0.6 is 23.1 Å². The zero-order valence-electron chi connectivity index (χ0n) is 9.54. The first-order valence-corrected chi connectivity index (χ1v) is 7.29. The molecular formula is C13H11N3S2. The molecule has 2 heterocycles. The summed E-state index contributed by atoms with van der Waals surface area (Å²) in [6.07, 6.45) is 3.64. The maximum Gasteiger partial charge on any atom is 0.181 e. The van der Waals surface area contributed by atoms with E-state index < -0.39 is 0 Å². The maximum atomic E-state index is 5.61. The molecule has 0 spiro atoms. The fourth-order valence-electron chi connectivity index (χ4n) is 1.71. The topological polar surface area (TPSA) is 51.8 Å². The highest BCUT2D eigenvalue weighted by molar-refractivity contribution is 8.00. The van der Waals surface area contributed by atoms with E-state index in [-0.39, 0.29) is 0 Å². The lowest BCUT2D eigenvalue weighted by Gasteiger charge is -2.01. The largest absolute Gasteiger partial charge is 0.375 e. The second-order valence-corrected chi connectivity index (χ2v) is 6.17. The van der Waals surface area contributed by atoms with Crippen molar-refractivity contribution in [1.82, 2.24) is 9.97 Å². The van der Waals surface area contributed by atoms with Gasteiger partial charge in [-0.25, -0.2) is 4.98 Å². The van der Waals surface area contributed by atoms with Crippen molar-refractivity contribution in [3.05, 3.63) is 48.3 Å². The van der Waals surface area contributed by atoms with Crippen LogP contribution in [0, 0.1) is 0 Å². The number of hydrogen-bond donors (Lipinski definition) is 1. The molecule has 2 N–H and O–H groups in total. The Labute approximate surface area is 113 Å². The van der Waals surface area contributed by atoms with Crippen LogP contribution in [0.1, 0.15) is 5.56 Å². The van der Waals surface area contributed by atoms with Crippen molar-refractivity contribution >= 4 is 39.1 Å². The molecule has 0 bridgehead atoms. The predicted octanol–water partition coefficient (Wildman–Crippen LogP) is 3.57. The van der Waals surface area contributed by atoms with Gasteiger partial charge < -0.3 is 5.73 Å². The van der Waals surface area contributed by atoms with E-state index >= 15 is 0 Å². The van der Waals surface area contributed by atoms with Crippen LogP contribution in [0.3, 0.4) is 0 Å². The van der Waals surface area contributed by atoms with Gasteiger partial charge in [0.1, 0.15) is 0 Å². The van der Waals surface area contributed by atoms with Gasteiger partial charge in [0.2, 0.25) is 0 Å². The monoisotopic (exact) mass is 273 g/mol. The molecule has 3 rings (SSSR count). The van der Waals surface area contributed by atoms with Crippen molar-refractivity contribution in [2.75, 3.05) is 5.73 Å². The van der Waals surface area contributed by atoms with Crippen molar-refractivity contribution < 1.29 is 0 Å². The van der Waals surface area contributed by atoms with Crippen LogP contribution in [0.2, 0.25) is 0 Å². The molecule has 5 heteroatoms. The first kappa shape index (κ1) is 11.5. The molecule has 0 fully saturated rings. The summed E-state index contributed by atoms with van der Waals surface area (Å²) in [5, 5.41) is 1.81. The van der Waals surface area contributed by atoms with Gasteiger partial charge in [-0.3, -0.25) is 4.98 Å². The number of thiazole rings is 1. The average Bonchev–Trinajstić information content (AvgIpc) is 2.82. The molecular weight excluding hydrogens is 262 g/mol. The fourth-order valence-corrected chi connectivity index (χ4v) is 3.41. The van der Waals surface area contributed by atoms with Gasteiger partial charge in [0.15, 0.2) is 5.13 Å². The lowest BCUT2D eigenvalue weighted by Crippen LogP contribution is -1.82. The molecule has 0 aliphatic heterocycles.